The number of rotatable bonds is 9. The summed E-state index contributed by atoms with van der Waals surface area (Å²) in [5.74, 6) is 1.78. The maximum absolute atomic E-state index is 3.86. The van der Waals surface area contributed by atoms with Crippen molar-refractivity contribution in [2.45, 2.75) is 119 Å². The van der Waals surface area contributed by atoms with Gasteiger partial charge in [-0.1, -0.05) is 119 Å². The maximum Gasteiger partial charge on any atom is 0.475 e. The summed E-state index contributed by atoms with van der Waals surface area (Å²) in [7, 11) is 0.0878. The Morgan fingerprint density at radius 2 is 0.829 bits per heavy atom. The summed E-state index contributed by atoms with van der Waals surface area (Å²) in [6.07, 6.45) is 0. The molecule has 1 aliphatic rings. The van der Waals surface area contributed by atoms with Gasteiger partial charge in [-0.05, 0) is 58.0 Å². The van der Waals surface area contributed by atoms with E-state index in [9.17, 15) is 0 Å². The Balaban J connectivity index is 2.26. The van der Waals surface area contributed by atoms with Crippen LogP contribution in [0.2, 0.25) is 0 Å². The minimum absolute atomic E-state index is 0.0878. The summed E-state index contributed by atoms with van der Waals surface area (Å²) in [5, 5.41) is 0. The summed E-state index contributed by atoms with van der Waals surface area (Å²) in [4.78, 5) is 7.54. The molecule has 0 saturated carbocycles. The largest absolute Gasteiger partial charge is 0.475 e. The second kappa shape index (κ2) is 11.0. The topological polar surface area (TPSA) is 9.72 Å². The lowest BCUT2D eigenvalue weighted by Gasteiger charge is -2.56. The molecule has 3 rings (SSSR count). The van der Waals surface area contributed by atoms with E-state index in [-0.39, 0.29) is 7.12 Å². The van der Waals surface area contributed by atoms with E-state index in [2.05, 4.69) is 141 Å². The molecular weight excluding hydrogens is 425 g/mol. The van der Waals surface area contributed by atoms with E-state index in [4.69, 9.17) is 0 Å². The monoisotopic (exact) mass is 473 g/mol. The highest BCUT2D eigenvalue weighted by Gasteiger charge is 2.52. The van der Waals surface area contributed by atoms with Crippen LogP contribution in [-0.4, -0.2) is 24.0 Å². The van der Waals surface area contributed by atoms with Crippen LogP contribution in [0, 0.1) is 6.67 Å². The molecule has 0 atom stereocenters. The molecule has 2 aromatic rings. The fraction of sp³-hybridized carbons (Fsp3) is 0.581. The van der Waals surface area contributed by atoms with Gasteiger partial charge >= 0.3 is 7.12 Å². The van der Waals surface area contributed by atoms with Gasteiger partial charge in [0.1, 0.15) is 0 Å². The predicted octanol–water partition coefficient (Wildman–Crippen LogP) is 8.61. The lowest BCUT2D eigenvalue weighted by Crippen LogP contribution is -2.75. The molecule has 0 unspecified atom stereocenters. The second-order valence-corrected chi connectivity index (χ2v) is 12.0. The molecule has 4 heteroatoms. The zero-order valence-corrected chi connectivity index (χ0v) is 24.3. The van der Waals surface area contributed by atoms with Crippen molar-refractivity contribution in [3.63, 3.8) is 0 Å². The molecule has 35 heavy (non-hydrogen) atoms. The lowest BCUT2D eigenvalue weighted by atomic mass is 9.71. The van der Waals surface area contributed by atoms with Crippen LogP contribution in [0.3, 0.4) is 0 Å². The molecule has 1 fully saturated rings. The zero-order chi connectivity index (χ0) is 26.2. The molecule has 0 aromatic heterocycles. The van der Waals surface area contributed by atoms with Crippen molar-refractivity contribution in [2.24, 2.45) is 0 Å². The van der Waals surface area contributed by atoms with Crippen LogP contribution in [-0.2, 0) is 0 Å². The molecule has 1 heterocycles. The van der Waals surface area contributed by atoms with Gasteiger partial charge in [-0.3, -0.25) is 4.81 Å². The molecule has 1 saturated heterocycles. The van der Waals surface area contributed by atoms with E-state index in [0.717, 1.165) is 0 Å². The first-order valence-corrected chi connectivity index (χ1v) is 13.8. The van der Waals surface area contributed by atoms with E-state index in [1.165, 1.54) is 33.6 Å². The number of hydrogen-bond acceptors (Lipinski definition) is 3. The number of nitrogens with zero attached hydrogens (tertiary/aromatic N) is 3. The molecule has 0 aliphatic carbocycles. The minimum atomic E-state index is 0.0878. The van der Waals surface area contributed by atoms with Gasteiger partial charge in [0.25, 0.3) is 0 Å². The summed E-state index contributed by atoms with van der Waals surface area (Å²) in [6.45, 7) is 31.6. The Kier molecular flexibility index (Phi) is 8.68. The first-order chi connectivity index (χ1) is 16.4. The Labute approximate surface area is 217 Å². The molecule has 0 spiro atoms. The van der Waals surface area contributed by atoms with Gasteiger partial charge in [0.05, 0.1) is 0 Å². The fourth-order valence-corrected chi connectivity index (χ4v) is 5.59. The van der Waals surface area contributed by atoms with Gasteiger partial charge < -0.3 is 9.62 Å². The first-order valence-electron chi connectivity index (χ1n) is 13.8. The SMILES string of the molecule is CC(C)c1cccc(C(C)C)c1N1[C]N(c2c(C(C)C)cccc2C(C)C)B1N(C(C)C)C(C)C. The first kappa shape index (κ1) is 27.6. The standard InChI is InChI=1S/C31H48BN3/c1-20(2)26-15-13-16-27(21(3)4)30(26)33-19-34(32(33)35(24(9)10)25(11)12)31-28(22(5)6)17-14-18-29(31)23(7)8/h13-18,20-25H,1-12H3. The summed E-state index contributed by atoms with van der Waals surface area (Å²) in [5.41, 5.74) is 8.31. The van der Waals surface area contributed by atoms with Crippen molar-refractivity contribution in [3.05, 3.63) is 65.3 Å². The molecule has 0 amide bonds. The number of para-hydroxylation sites is 2. The Hall–Kier alpha value is -1.94. The number of hydrogen-bond donors (Lipinski definition) is 0. The average Bonchev–Trinajstić information content (AvgIpc) is 2.75. The number of benzene rings is 2. The Bertz CT molecular complexity index is 863. The smallest absolute Gasteiger partial charge is 0.352 e. The van der Waals surface area contributed by atoms with Crippen LogP contribution >= 0.6 is 0 Å². The van der Waals surface area contributed by atoms with Crippen molar-refractivity contribution < 1.29 is 0 Å². The molecular formula is C31H48BN3. The Morgan fingerprint density at radius 3 is 1.06 bits per heavy atom. The van der Waals surface area contributed by atoms with E-state index in [1.807, 2.05) is 0 Å². The predicted molar refractivity (Wildman–Crippen MR) is 155 cm³/mol. The van der Waals surface area contributed by atoms with Crippen molar-refractivity contribution in [2.75, 3.05) is 9.62 Å². The summed E-state index contributed by atoms with van der Waals surface area (Å²) in [6, 6.07) is 14.5. The van der Waals surface area contributed by atoms with Gasteiger partial charge in [-0.2, -0.15) is 0 Å². The highest BCUT2D eigenvalue weighted by Crippen LogP contribution is 2.46. The minimum Gasteiger partial charge on any atom is -0.352 e. The normalized spacial score (nSPS) is 14.7. The molecule has 1 aliphatic heterocycles. The van der Waals surface area contributed by atoms with E-state index >= 15 is 0 Å². The van der Waals surface area contributed by atoms with Crippen molar-refractivity contribution >= 4 is 18.5 Å². The third-order valence-electron chi connectivity index (χ3n) is 7.30. The Morgan fingerprint density at radius 1 is 0.543 bits per heavy atom. The van der Waals surface area contributed by atoms with Gasteiger partial charge in [0, 0.05) is 11.4 Å². The zero-order valence-electron chi connectivity index (χ0n) is 24.3. The molecule has 2 aromatic carbocycles. The van der Waals surface area contributed by atoms with Crippen LogP contribution in [0.25, 0.3) is 0 Å². The fourth-order valence-electron chi connectivity index (χ4n) is 5.59. The van der Waals surface area contributed by atoms with Crippen molar-refractivity contribution in [1.82, 2.24) is 4.81 Å². The molecule has 190 valence electrons. The van der Waals surface area contributed by atoms with E-state index in [0.29, 0.717) is 35.8 Å². The van der Waals surface area contributed by atoms with Crippen molar-refractivity contribution in [1.29, 1.82) is 0 Å². The summed E-state index contributed by atoms with van der Waals surface area (Å²) >= 11 is 0. The maximum atomic E-state index is 3.86. The van der Waals surface area contributed by atoms with Gasteiger partial charge in [0.15, 0.2) is 6.67 Å². The van der Waals surface area contributed by atoms with Crippen LogP contribution in [0.4, 0.5) is 11.4 Å². The quantitative estimate of drug-likeness (QED) is 0.338. The van der Waals surface area contributed by atoms with Gasteiger partial charge in [-0.15, -0.1) is 0 Å². The molecule has 3 nitrogen and oxygen atoms in total. The highest BCUT2D eigenvalue weighted by atomic mass is 15.5. The van der Waals surface area contributed by atoms with Crippen LogP contribution < -0.4 is 9.62 Å². The summed E-state index contributed by atoms with van der Waals surface area (Å²) < 4.78 is 0. The third-order valence-corrected chi connectivity index (χ3v) is 7.30. The van der Waals surface area contributed by atoms with E-state index in [1.54, 1.807) is 0 Å². The average molecular weight is 474 g/mol. The van der Waals surface area contributed by atoms with E-state index < -0.39 is 0 Å². The van der Waals surface area contributed by atoms with Crippen LogP contribution in [0.1, 0.15) is 129 Å². The molecule has 0 N–H and O–H groups in total. The second-order valence-electron chi connectivity index (χ2n) is 12.0. The third kappa shape index (κ3) is 5.28. The number of anilines is 2. The van der Waals surface area contributed by atoms with Gasteiger partial charge in [0.2, 0.25) is 0 Å². The molecule has 2 radical (unpaired) electrons. The van der Waals surface area contributed by atoms with Crippen LogP contribution in [0.15, 0.2) is 36.4 Å². The molecule has 0 bridgehead atoms. The van der Waals surface area contributed by atoms with Gasteiger partial charge in [-0.25, -0.2) is 0 Å². The van der Waals surface area contributed by atoms with Crippen LogP contribution in [0.5, 0.6) is 0 Å². The van der Waals surface area contributed by atoms with Crippen molar-refractivity contribution in [3.8, 4) is 0 Å². The lowest BCUT2D eigenvalue weighted by molar-refractivity contribution is 0.295. The highest BCUT2D eigenvalue weighted by molar-refractivity contribution is 6.70.